The molecule has 1 amide bonds. The molecule has 0 saturated carbocycles. The fourth-order valence-electron chi connectivity index (χ4n) is 1.87. The summed E-state index contributed by atoms with van der Waals surface area (Å²) in [5.41, 5.74) is 0.846. The first-order valence-electron chi connectivity index (χ1n) is 6.27. The van der Waals surface area contributed by atoms with E-state index in [2.05, 4.69) is 25.6 Å². The Morgan fingerprint density at radius 2 is 2.14 bits per heavy atom. The van der Waals surface area contributed by atoms with Crippen LogP contribution in [0.3, 0.4) is 0 Å². The Kier molecular flexibility index (Phi) is 3.19. The van der Waals surface area contributed by atoms with Gasteiger partial charge in [0.05, 0.1) is 18.1 Å². The van der Waals surface area contributed by atoms with Gasteiger partial charge in [0.25, 0.3) is 5.91 Å². The summed E-state index contributed by atoms with van der Waals surface area (Å²) in [5, 5.41) is 10.2. The summed E-state index contributed by atoms with van der Waals surface area (Å²) in [7, 11) is 1.70. The van der Waals surface area contributed by atoms with Gasteiger partial charge in [-0.15, -0.1) is 5.10 Å². The summed E-state index contributed by atoms with van der Waals surface area (Å²) >= 11 is 0. The largest absolute Gasteiger partial charge is 0.319 e. The SMILES string of the molecule is Cc1nccn1-c1ccc(NC(=O)c2cn(C)nn2)cn1. The molecule has 1 N–H and O–H groups in total. The van der Waals surface area contributed by atoms with Crippen LogP contribution >= 0.6 is 0 Å². The Bertz CT molecular complexity index is 772. The average molecular weight is 283 g/mol. The summed E-state index contributed by atoms with van der Waals surface area (Å²) in [6.07, 6.45) is 6.67. The molecule has 0 radical (unpaired) electrons. The molecule has 0 saturated heterocycles. The summed E-state index contributed by atoms with van der Waals surface area (Å²) in [5.74, 6) is 1.26. The molecule has 8 nitrogen and oxygen atoms in total. The second kappa shape index (κ2) is 5.16. The summed E-state index contributed by atoms with van der Waals surface area (Å²) in [4.78, 5) is 20.4. The highest BCUT2D eigenvalue weighted by Crippen LogP contribution is 2.12. The van der Waals surface area contributed by atoms with Crippen LogP contribution in [0.25, 0.3) is 5.82 Å². The van der Waals surface area contributed by atoms with Crippen molar-refractivity contribution in [2.75, 3.05) is 5.32 Å². The lowest BCUT2D eigenvalue weighted by molar-refractivity contribution is 0.102. The normalized spacial score (nSPS) is 10.6. The Labute approximate surface area is 120 Å². The number of hydrogen-bond acceptors (Lipinski definition) is 5. The second-order valence-electron chi connectivity index (χ2n) is 4.48. The maximum absolute atomic E-state index is 11.9. The lowest BCUT2D eigenvalue weighted by Crippen LogP contribution is -2.12. The molecule has 3 rings (SSSR count). The van der Waals surface area contributed by atoms with E-state index in [-0.39, 0.29) is 11.6 Å². The van der Waals surface area contributed by atoms with Gasteiger partial charge in [-0.05, 0) is 19.1 Å². The second-order valence-corrected chi connectivity index (χ2v) is 4.48. The van der Waals surface area contributed by atoms with Gasteiger partial charge in [-0.3, -0.25) is 14.0 Å². The number of carbonyl (C=O) groups is 1. The molecule has 0 aromatic carbocycles. The predicted octanol–water partition coefficient (Wildman–Crippen LogP) is 0.957. The zero-order valence-electron chi connectivity index (χ0n) is 11.6. The smallest absolute Gasteiger partial charge is 0.277 e. The van der Waals surface area contributed by atoms with Crippen LogP contribution in [-0.4, -0.2) is 35.4 Å². The van der Waals surface area contributed by atoms with Crippen molar-refractivity contribution in [3.05, 3.63) is 48.4 Å². The highest BCUT2D eigenvalue weighted by Gasteiger charge is 2.10. The van der Waals surface area contributed by atoms with E-state index in [0.29, 0.717) is 5.69 Å². The van der Waals surface area contributed by atoms with Crippen LogP contribution in [0.2, 0.25) is 0 Å². The third-order valence-corrected chi connectivity index (χ3v) is 2.91. The van der Waals surface area contributed by atoms with Crippen LogP contribution in [0.1, 0.15) is 16.3 Å². The lowest BCUT2D eigenvalue weighted by Gasteiger charge is -2.06. The number of anilines is 1. The average Bonchev–Trinajstić information content (AvgIpc) is 3.08. The number of nitrogens with one attached hydrogen (secondary N) is 1. The molecule has 0 bridgehead atoms. The number of rotatable bonds is 3. The summed E-state index contributed by atoms with van der Waals surface area (Å²) in [6, 6.07) is 3.58. The van der Waals surface area contributed by atoms with Gasteiger partial charge in [-0.1, -0.05) is 5.21 Å². The minimum absolute atomic E-state index is 0.257. The van der Waals surface area contributed by atoms with E-state index in [1.165, 1.54) is 4.68 Å². The zero-order valence-corrected chi connectivity index (χ0v) is 11.6. The highest BCUT2D eigenvalue weighted by atomic mass is 16.2. The molecule has 106 valence electrons. The quantitative estimate of drug-likeness (QED) is 0.773. The van der Waals surface area contributed by atoms with Crippen molar-refractivity contribution >= 4 is 11.6 Å². The van der Waals surface area contributed by atoms with E-state index in [1.807, 2.05) is 17.7 Å². The van der Waals surface area contributed by atoms with Crippen molar-refractivity contribution in [3.8, 4) is 5.82 Å². The molecule has 8 heteroatoms. The molecule has 0 fully saturated rings. The van der Waals surface area contributed by atoms with Crippen LogP contribution in [0.5, 0.6) is 0 Å². The maximum atomic E-state index is 11.9. The van der Waals surface area contributed by atoms with Gasteiger partial charge < -0.3 is 5.32 Å². The molecule has 0 spiro atoms. The fourth-order valence-corrected chi connectivity index (χ4v) is 1.87. The first-order chi connectivity index (χ1) is 10.1. The standard InChI is InChI=1S/C13H13N7O/c1-9-14-5-6-20(9)12-4-3-10(7-15-12)16-13(21)11-8-19(2)18-17-11/h3-8H,1-2H3,(H,16,21). The Morgan fingerprint density at radius 1 is 1.29 bits per heavy atom. The number of imidazole rings is 1. The van der Waals surface area contributed by atoms with Crippen molar-refractivity contribution in [1.82, 2.24) is 29.5 Å². The molecule has 0 unspecified atom stereocenters. The molecular weight excluding hydrogens is 270 g/mol. The van der Waals surface area contributed by atoms with Crippen molar-refractivity contribution in [1.29, 1.82) is 0 Å². The number of aryl methyl sites for hydroxylation is 2. The first-order valence-corrected chi connectivity index (χ1v) is 6.27. The molecular formula is C13H13N7O. The van der Waals surface area contributed by atoms with Gasteiger partial charge in [-0.2, -0.15) is 0 Å². The number of hydrogen-bond donors (Lipinski definition) is 1. The lowest BCUT2D eigenvalue weighted by atomic mass is 10.3. The van der Waals surface area contributed by atoms with Crippen LogP contribution in [0, 0.1) is 6.92 Å². The fraction of sp³-hybridized carbons (Fsp3) is 0.154. The highest BCUT2D eigenvalue weighted by molar-refractivity contribution is 6.02. The number of carbonyl (C=O) groups excluding carboxylic acids is 1. The Hall–Kier alpha value is -3.03. The van der Waals surface area contributed by atoms with Gasteiger partial charge in [0.15, 0.2) is 5.69 Å². The Morgan fingerprint density at radius 3 is 2.71 bits per heavy atom. The van der Waals surface area contributed by atoms with Gasteiger partial charge in [0.1, 0.15) is 11.6 Å². The summed E-state index contributed by atoms with van der Waals surface area (Å²) in [6.45, 7) is 1.89. The molecule has 3 aromatic heterocycles. The zero-order chi connectivity index (χ0) is 14.8. The predicted molar refractivity (Wildman–Crippen MR) is 75.1 cm³/mol. The van der Waals surface area contributed by atoms with Crippen LogP contribution in [-0.2, 0) is 7.05 Å². The van der Waals surface area contributed by atoms with E-state index < -0.39 is 0 Å². The van der Waals surface area contributed by atoms with Gasteiger partial charge in [0, 0.05) is 19.4 Å². The maximum Gasteiger partial charge on any atom is 0.277 e. The number of nitrogens with zero attached hydrogens (tertiary/aromatic N) is 6. The number of aromatic nitrogens is 6. The topological polar surface area (TPSA) is 90.5 Å². The molecule has 21 heavy (non-hydrogen) atoms. The third kappa shape index (κ3) is 2.64. The van der Waals surface area contributed by atoms with Gasteiger partial charge >= 0.3 is 0 Å². The number of amides is 1. The Balaban J connectivity index is 1.76. The van der Waals surface area contributed by atoms with Crippen molar-refractivity contribution < 1.29 is 4.79 Å². The number of pyridine rings is 1. The van der Waals surface area contributed by atoms with Crippen molar-refractivity contribution in [3.63, 3.8) is 0 Å². The first kappa shape index (κ1) is 13.0. The molecule has 0 aliphatic carbocycles. The molecule has 3 aromatic rings. The molecule has 0 atom stereocenters. The third-order valence-electron chi connectivity index (χ3n) is 2.91. The van der Waals surface area contributed by atoms with E-state index in [4.69, 9.17) is 0 Å². The molecule has 0 aliphatic heterocycles. The van der Waals surface area contributed by atoms with Crippen LogP contribution < -0.4 is 5.32 Å². The van der Waals surface area contributed by atoms with Crippen molar-refractivity contribution in [2.45, 2.75) is 6.92 Å². The van der Waals surface area contributed by atoms with Crippen LogP contribution in [0.4, 0.5) is 5.69 Å². The van der Waals surface area contributed by atoms with Gasteiger partial charge in [0.2, 0.25) is 0 Å². The molecule has 0 aliphatic rings. The van der Waals surface area contributed by atoms with Crippen molar-refractivity contribution in [2.24, 2.45) is 7.05 Å². The minimum atomic E-state index is -0.323. The summed E-state index contributed by atoms with van der Waals surface area (Å²) < 4.78 is 3.33. The van der Waals surface area contributed by atoms with E-state index in [1.54, 1.807) is 37.8 Å². The monoisotopic (exact) mass is 283 g/mol. The van der Waals surface area contributed by atoms with E-state index >= 15 is 0 Å². The van der Waals surface area contributed by atoms with Gasteiger partial charge in [-0.25, -0.2) is 9.97 Å². The van der Waals surface area contributed by atoms with E-state index in [9.17, 15) is 4.79 Å². The molecule has 3 heterocycles. The minimum Gasteiger partial charge on any atom is -0.319 e. The van der Waals surface area contributed by atoms with E-state index in [0.717, 1.165) is 11.6 Å². The van der Waals surface area contributed by atoms with Crippen LogP contribution in [0.15, 0.2) is 36.9 Å².